The zero-order valence-corrected chi connectivity index (χ0v) is 31.3. The molecule has 264 valence electrons. The fourth-order valence-corrected chi connectivity index (χ4v) is 12.7. The molecule has 5 rings (SSSR count). The van der Waals surface area contributed by atoms with Gasteiger partial charge < -0.3 is 19.3 Å². The van der Waals surface area contributed by atoms with Crippen LogP contribution in [-0.4, -0.2) is 41.8 Å². The number of hydrogen-bond donors (Lipinski definition) is 1. The number of carbonyl (C=O) groups is 2. The highest BCUT2D eigenvalue weighted by molar-refractivity contribution is 7.53. The molecule has 0 spiro atoms. The normalized spacial score (nSPS) is 34.5. The minimum atomic E-state index is -3.52. The van der Waals surface area contributed by atoms with Crippen molar-refractivity contribution in [2.24, 2.45) is 46.3 Å². The third-order valence-electron chi connectivity index (χ3n) is 13.5. The number of benzene rings is 1. The van der Waals surface area contributed by atoms with Crippen LogP contribution in [0.4, 0.5) is 0 Å². The first-order valence-corrected chi connectivity index (χ1v) is 20.6. The largest absolute Gasteiger partial charge is 0.349 e. The predicted octanol–water partition coefficient (Wildman–Crippen LogP) is 9.21. The van der Waals surface area contributed by atoms with E-state index < -0.39 is 18.5 Å². The van der Waals surface area contributed by atoms with E-state index in [4.69, 9.17) is 9.05 Å². The van der Waals surface area contributed by atoms with Gasteiger partial charge in [0.05, 0.1) is 13.2 Å². The zero-order chi connectivity index (χ0) is 34.0. The van der Waals surface area contributed by atoms with Crippen molar-refractivity contribution in [3.63, 3.8) is 0 Å². The summed E-state index contributed by atoms with van der Waals surface area (Å²) in [7, 11) is -3.52. The number of piperidine rings is 1. The van der Waals surface area contributed by atoms with Crippen LogP contribution in [0.3, 0.4) is 0 Å². The maximum atomic E-state index is 14.9. The Balaban J connectivity index is 1.47. The van der Waals surface area contributed by atoms with Crippen molar-refractivity contribution in [2.75, 3.05) is 19.5 Å². The van der Waals surface area contributed by atoms with Crippen LogP contribution in [0.25, 0.3) is 0 Å². The lowest BCUT2D eigenvalue weighted by molar-refractivity contribution is -0.197. The van der Waals surface area contributed by atoms with Gasteiger partial charge in [-0.2, -0.15) is 0 Å². The lowest BCUT2D eigenvalue weighted by atomic mass is 9.42. The van der Waals surface area contributed by atoms with Crippen LogP contribution in [0.2, 0.25) is 0 Å². The van der Waals surface area contributed by atoms with Crippen molar-refractivity contribution in [2.45, 2.75) is 131 Å². The summed E-state index contributed by atoms with van der Waals surface area (Å²) < 4.78 is 24.6. The lowest BCUT2D eigenvalue weighted by Gasteiger charge is -2.67. The zero-order valence-electron chi connectivity index (χ0n) is 30.4. The molecule has 3 aliphatic carbocycles. The van der Waals surface area contributed by atoms with E-state index >= 15 is 0 Å². The lowest BCUT2D eigenvalue weighted by Crippen LogP contribution is -2.75. The fraction of sp³-hybridized carbons (Fsp3) is 0.795. The maximum Gasteiger partial charge on any atom is 0.349 e. The van der Waals surface area contributed by atoms with Crippen LogP contribution in [-0.2, 0) is 29.7 Å². The van der Waals surface area contributed by atoms with Gasteiger partial charge in [0, 0.05) is 18.4 Å². The van der Waals surface area contributed by atoms with E-state index in [1.54, 1.807) is 13.8 Å². The van der Waals surface area contributed by atoms with Crippen molar-refractivity contribution in [3.8, 4) is 0 Å². The van der Waals surface area contributed by atoms with E-state index in [1.165, 1.54) is 38.5 Å². The summed E-state index contributed by atoms with van der Waals surface area (Å²) >= 11 is 0. The predicted molar refractivity (Wildman–Crippen MR) is 189 cm³/mol. The maximum absolute atomic E-state index is 14.9. The molecule has 8 heteroatoms. The van der Waals surface area contributed by atoms with E-state index in [0.717, 1.165) is 36.2 Å². The Bertz CT molecular complexity index is 1280. The first kappa shape index (κ1) is 36.6. The molecule has 1 aromatic carbocycles. The molecule has 1 aromatic rings. The Morgan fingerprint density at radius 1 is 0.957 bits per heavy atom. The van der Waals surface area contributed by atoms with Crippen molar-refractivity contribution < 1.29 is 23.2 Å². The molecule has 0 aromatic heterocycles. The SMILES string of the molecule is CCOP(=O)(CNC(=O)[C@]12CC[C@H]3[C@@H]4CC[C@H]([C@H](C)CCCC(C)C)[C@@]4(C)CC[C@@H]3[C@@]1(C)CCC(=O)N2Cc1ccccc1)OCC. The second kappa shape index (κ2) is 14.7. The second-order valence-corrected chi connectivity index (χ2v) is 18.4. The van der Waals surface area contributed by atoms with Crippen molar-refractivity contribution >= 4 is 19.4 Å². The van der Waals surface area contributed by atoms with E-state index in [1.807, 2.05) is 35.2 Å². The molecule has 1 saturated heterocycles. The number of likely N-dealkylation sites (tertiary alicyclic amines) is 1. The Morgan fingerprint density at radius 3 is 2.32 bits per heavy atom. The molecule has 1 N–H and O–H groups in total. The number of nitrogens with zero attached hydrogens (tertiary/aromatic N) is 1. The van der Waals surface area contributed by atoms with Gasteiger partial charge >= 0.3 is 7.60 Å². The van der Waals surface area contributed by atoms with E-state index in [0.29, 0.717) is 49.0 Å². The van der Waals surface area contributed by atoms with Crippen LogP contribution >= 0.6 is 7.60 Å². The highest BCUT2D eigenvalue weighted by Gasteiger charge is 2.69. The first-order valence-electron chi connectivity index (χ1n) is 18.9. The van der Waals surface area contributed by atoms with Gasteiger partial charge in [0.25, 0.3) is 0 Å². The number of fused-ring (bicyclic) bond motifs is 5. The molecule has 1 heterocycles. The molecule has 0 bridgehead atoms. The van der Waals surface area contributed by atoms with Crippen LogP contribution in [0, 0.1) is 46.3 Å². The van der Waals surface area contributed by atoms with Crippen LogP contribution in [0.5, 0.6) is 0 Å². The molecule has 2 amide bonds. The van der Waals surface area contributed by atoms with Gasteiger partial charge in [-0.25, -0.2) is 0 Å². The van der Waals surface area contributed by atoms with E-state index in [-0.39, 0.29) is 31.3 Å². The van der Waals surface area contributed by atoms with Crippen LogP contribution < -0.4 is 5.32 Å². The summed E-state index contributed by atoms with van der Waals surface area (Å²) in [6, 6.07) is 10.1. The Hall–Kier alpha value is -1.69. The Morgan fingerprint density at radius 2 is 1.66 bits per heavy atom. The summed E-state index contributed by atoms with van der Waals surface area (Å²) in [6.45, 7) is 16.5. The summed E-state index contributed by atoms with van der Waals surface area (Å²) in [5.41, 5.74) is -0.0626. The molecular weight excluding hydrogens is 607 g/mol. The fourth-order valence-electron chi connectivity index (χ4n) is 11.3. The molecule has 1 aliphatic heterocycles. The second-order valence-electron chi connectivity index (χ2n) is 16.3. The summed E-state index contributed by atoms with van der Waals surface area (Å²) in [4.78, 5) is 30.8. The van der Waals surface area contributed by atoms with E-state index in [9.17, 15) is 14.2 Å². The smallest absolute Gasteiger partial charge is 0.342 e. The summed E-state index contributed by atoms with van der Waals surface area (Å²) in [5, 5.41) is 3.07. The molecular formula is C39H63N2O5P. The Labute approximate surface area is 285 Å². The topological polar surface area (TPSA) is 84.9 Å². The molecule has 3 saturated carbocycles. The van der Waals surface area contributed by atoms with Crippen LogP contribution in [0.15, 0.2) is 30.3 Å². The van der Waals surface area contributed by atoms with Crippen LogP contribution in [0.1, 0.15) is 125 Å². The summed E-state index contributed by atoms with van der Waals surface area (Å²) in [5.74, 6) is 3.67. The van der Waals surface area contributed by atoms with Gasteiger partial charge in [0.2, 0.25) is 11.8 Å². The van der Waals surface area contributed by atoms with Gasteiger partial charge in [0.1, 0.15) is 11.8 Å². The standard InChI is InChI=1S/C39H63N2O5P/c1-8-45-47(44,46-9-2)27-40-36(43)39-25-20-31-33-19-18-32(29(5)15-13-14-28(3)4)37(33,6)23-21-34(31)38(39,7)24-22-35(42)41(39)26-30-16-11-10-12-17-30/h10-12,16-17,28-29,31-34H,8-9,13-15,18-27H2,1-7H3,(H,40,43)/t29-,31+,32-,33+,34+,37-,38-,39-/m1/s1. The molecule has 7 nitrogen and oxygen atoms in total. The number of hydrogen-bond acceptors (Lipinski definition) is 5. The van der Waals surface area contributed by atoms with Gasteiger partial charge in [-0.05, 0) is 105 Å². The van der Waals surface area contributed by atoms with E-state index in [2.05, 4.69) is 39.9 Å². The third-order valence-corrected chi connectivity index (χ3v) is 15.4. The Kier molecular flexibility index (Phi) is 11.4. The summed E-state index contributed by atoms with van der Waals surface area (Å²) in [6.07, 6.45) is 11.4. The van der Waals surface area contributed by atoms with Gasteiger partial charge in [-0.1, -0.05) is 84.2 Å². The van der Waals surface area contributed by atoms with Crippen molar-refractivity contribution in [1.29, 1.82) is 0 Å². The minimum absolute atomic E-state index is 0.0366. The molecule has 47 heavy (non-hydrogen) atoms. The molecule has 4 fully saturated rings. The number of carbonyl (C=O) groups excluding carboxylic acids is 2. The molecule has 4 aliphatic rings. The average Bonchev–Trinajstić information content (AvgIpc) is 3.39. The number of rotatable bonds is 14. The quantitative estimate of drug-likeness (QED) is 0.200. The first-order chi connectivity index (χ1) is 22.3. The molecule has 0 unspecified atom stereocenters. The number of nitrogens with one attached hydrogen (secondary N) is 1. The highest BCUT2D eigenvalue weighted by atomic mass is 31.2. The third kappa shape index (κ3) is 6.76. The van der Waals surface area contributed by atoms with Crippen molar-refractivity contribution in [1.82, 2.24) is 10.2 Å². The van der Waals surface area contributed by atoms with Gasteiger partial charge in [-0.3, -0.25) is 14.2 Å². The average molecular weight is 671 g/mol. The van der Waals surface area contributed by atoms with Gasteiger partial charge in [-0.15, -0.1) is 0 Å². The van der Waals surface area contributed by atoms with Gasteiger partial charge in [0.15, 0.2) is 0 Å². The monoisotopic (exact) mass is 670 g/mol. The number of amides is 2. The highest BCUT2D eigenvalue weighted by Crippen LogP contribution is 2.69. The molecule has 8 atom stereocenters. The minimum Gasteiger partial charge on any atom is -0.342 e. The molecule has 0 radical (unpaired) electrons. The van der Waals surface area contributed by atoms with Crippen molar-refractivity contribution in [3.05, 3.63) is 35.9 Å².